The van der Waals surface area contributed by atoms with Gasteiger partial charge in [-0.1, -0.05) is 179 Å². The molecule has 13 rings (SSSR count). The topological polar surface area (TPSA) is 87.1 Å². The number of ketones is 2. The summed E-state index contributed by atoms with van der Waals surface area (Å²) in [5.74, 6) is -0.0913. The minimum Gasteiger partial charge on any atom is -0.659 e. The van der Waals surface area contributed by atoms with Gasteiger partial charge in [0.1, 0.15) is 10.8 Å². The summed E-state index contributed by atoms with van der Waals surface area (Å²) < 4.78 is 0. The molecule has 5 heterocycles. The van der Waals surface area contributed by atoms with Gasteiger partial charge in [-0.3, -0.25) is 19.6 Å². The molecule has 7 heteroatoms. The SMILES string of the molecule is Cc1cc(C)c(/C2=C3\C=CC(=N3)C3(C(=O)c4cc(C(C)(C)C)cc5cc(C(C)(C)C)cc3c45)c3ccc([n-]3)/C(c3c(C)cc(C)cc3C)=C3/C=CC(=N3)C3(C(=O)c4cc(C(C)(C)C)cc5cc(C(C)(C)C)cc3c45)c3ccc2[n-]3)c(C)c1.[Cu+2]. The van der Waals surface area contributed by atoms with Crippen molar-refractivity contribution in [3.8, 4) is 0 Å². The Labute approximate surface area is 501 Å². The third-order valence-electron chi connectivity index (χ3n) is 18.5. The number of carbonyl (C=O) groups excluding carboxylic acids is 2. The van der Waals surface area contributed by atoms with Crippen LogP contribution in [0.4, 0.5) is 0 Å². The van der Waals surface area contributed by atoms with Crippen LogP contribution in [0.1, 0.15) is 204 Å². The van der Waals surface area contributed by atoms with Gasteiger partial charge in [0.05, 0.1) is 22.8 Å². The Morgan fingerprint density at radius 1 is 0.398 bits per heavy atom. The minimum absolute atomic E-state index is 0. The maximum atomic E-state index is 16.7. The Balaban J connectivity index is 0.00000680. The Morgan fingerprint density at radius 3 is 1.02 bits per heavy atom. The van der Waals surface area contributed by atoms with Gasteiger partial charge in [-0.2, -0.15) is 0 Å². The van der Waals surface area contributed by atoms with Crippen LogP contribution in [0, 0.1) is 41.5 Å². The van der Waals surface area contributed by atoms with Crippen molar-refractivity contribution in [2.24, 2.45) is 9.98 Å². The van der Waals surface area contributed by atoms with Crippen molar-refractivity contribution in [3.05, 3.63) is 245 Å². The van der Waals surface area contributed by atoms with Gasteiger partial charge in [-0.15, -0.1) is 22.8 Å². The quantitative estimate of drug-likeness (QED) is 0.161. The van der Waals surface area contributed by atoms with E-state index < -0.39 is 10.8 Å². The molecule has 2 aliphatic carbocycles. The summed E-state index contributed by atoms with van der Waals surface area (Å²) in [5.41, 5.74) is 19.1. The van der Waals surface area contributed by atoms with Crippen LogP contribution in [0.15, 0.2) is 143 Å². The van der Waals surface area contributed by atoms with E-state index in [0.29, 0.717) is 56.7 Å². The first-order valence-electron chi connectivity index (χ1n) is 29.3. The monoisotopic (exact) mass is 1140 g/mol. The van der Waals surface area contributed by atoms with E-state index in [1.54, 1.807) is 0 Å². The molecule has 83 heavy (non-hydrogen) atoms. The molecule has 0 N–H and O–H groups in total. The number of Topliss-reactive ketones (excluding diaryl/α,β-unsaturated/α-hetero) is 2. The molecule has 421 valence electrons. The van der Waals surface area contributed by atoms with Gasteiger partial charge in [0.25, 0.3) is 0 Å². The fraction of sp³-hybridized carbons (Fsp3) is 0.316. The molecular formula is C76H74CuN4O2. The average Bonchev–Trinajstić information content (AvgIpc) is 1.83. The van der Waals surface area contributed by atoms with Crippen LogP contribution < -0.4 is 9.97 Å². The number of nitrogens with zero attached hydrogens (tertiary/aromatic N) is 4. The van der Waals surface area contributed by atoms with Crippen molar-refractivity contribution in [2.45, 2.75) is 157 Å². The van der Waals surface area contributed by atoms with Gasteiger partial charge < -0.3 is 9.97 Å². The normalized spacial score (nSPS) is 20.9. The van der Waals surface area contributed by atoms with Crippen molar-refractivity contribution >= 4 is 55.7 Å². The molecule has 0 fully saturated rings. The number of allylic oxidation sites excluding steroid dienone is 4. The molecule has 3 aliphatic heterocycles. The van der Waals surface area contributed by atoms with Gasteiger partial charge in [0.2, 0.25) is 0 Å². The van der Waals surface area contributed by atoms with E-state index >= 15 is 9.59 Å². The standard InChI is InChI=1S/C76H74N4O2.Cu/c1-39-27-41(3)63(42(4)28-39)67-55-19-23-59(77-55)75(53-37-49(73(13,14)15)33-45-31-47(71(7,8)9)35-51(65(45)53)69(75)81)61-25-21-57(79-61)68(64-43(5)29-40(2)30-44(64)6)58-22-26-62(80-58)76(60-24-20-56(67)78-60)54-38-50(74(16,17)18)34-46-32-48(72(10,11)12)36-52(66(46)54)70(76)82;/h19-38H,1-18H3;/q-2;+2. The Bertz CT molecular complexity index is 4130. The number of hydrogen-bond acceptors (Lipinski definition) is 4. The van der Waals surface area contributed by atoms with Crippen LogP contribution >= 0.6 is 0 Å². The van der Waals surface area contributed by atoms with E-state index in [1.165, 1.54) is 0 Å². The maximum Gasteiger partial charge on any atom is 2.00 e. The number of hydrogen-bond donors (Lipinski definition) is 0. The summed E-state index contributed by atoms with van der Waals surface area (Å²) >= 11 is 0. The predicted octanol–water partition coefficient (Wildman–Crippen LogP) is 17.2. The van der Waals surface area contributed by atoms with Gasteiger partial charge in [-0.25, -0.2) is 0 Å². The summed E-state index contributed by atoms with van der Waals surface area (Å²) in [4.78, 5) is 56.7. The molecule has 0 saturated carbocycles. The van der Waals surface area contributed by atoms with E-state index in [0.717, 1.165) is 111 Å². The van der Waals surface area contributed by atoms with Crippen LogP contribution in [0.25, 0.3) is 32.7 Å². The van der Waals surface area contributed by atoms with Crippen molar-refractivity contribution in [3.63, 3.8) is 0 Å². The zero-order chi connectivity index (χ0) is 58.4. The zero-order valence-electron chi connectivity index (χ0n) is 51.5. The number of aromatic nitrogens is 2. The zero-order valence-corrected chi connectivity index (χ0v) is 52.4. The Kier molecular flexibility index (Phi) is 12.3. The average molecular weight is 1140 g/mol. The maximum absolute atomic E-state index is 16.7. The first-order valence-corrected chi connectivity index (χ1v) is 29.3. The molecular weight excluding hydrogens is 1060 g/mol. The summed E-state index contributed by atoms with van der Waals surface area (Å²) in [6, 6.07) is 35.2. The first-order chi connectivity index (χ1) is 38.4. The molecule has 8 bridgehead atoms. The molecule has 2 unspecified atom stereocenters. The van der Waals surface area contributed by atoms with Gasteiger partial charge >= 0.3 is 17.1 Å². The molecule has 1 radical (unpaired) electrons. The van der Waals surface area contributed by atoms with E-state index in [2.05, 4.69) is 246 Å². The second-order valence-corrected chi connectivity index (χ2v) is 28.6. The molecule has 6 nitrogen and oxygen atoms in total. The van der Waals surface area contributed by atoms with Crippen molar-refractivity contribution < 1.29 is 26.7 Å². The summed E-state index contributed by atoms with van der Waals surface area (Å²) in [7, 11) is 0. The second-order valence-electron chi connectivity index (χ2n) is 28.6. The number of aryl methyl sites for hydroxylation is 6. The molecule has 0 saturated heterocycles. The first kappa shape index (κ1) is 56.1. The number of fused-ring (bicyclic) bond motifs is 12. The third kappa shape index (κ3) is 8.07. The fourth-order valence-corrected chi connectivity index (χ4v) is 14.4. The molecule has 6 aromatic carbocycles. The molecule has 5 aliphatic rings. The molecule has 2 atom stereocenters. The third-order valence-corrected chi connectivity index (χ3v) is 18.5. The van der Waals surface area contributed by atoms with Gasteiger partial charge in [0.15, 0.2) is 11.6 Å². The van der Waals surface area contributed by atoms with Crippen LogP contribution in [0.3, 0.4) is 0 Å². The van der Waals surface area contributed by atoms with Gasteiger partial charge in [-0.05, 0) is 199 Å². The number of aliphatic imine (C=N–C) groups is 2. The van der Waals surface area contributed by atoms with Crippen molar-refractivity contribution in [1.82, 2.24) is 9.97 Å². The Morgan fingerprint density at radius 2 is 0.711 bits per heavy atom. The van der Waals surface area contributed by atoms with E-state index in [-0.39, 0.29) is 50.3 Å². The number of benzene rings is 6. The van der Waals surface area contributed by atoms with Crippen LogP contribution in [0.5, 0.6) is 0 Å². The van der Waals surface area contributed by atoms with Gasteiger partial charge in [0, 0.05) is 11.1 Å². The predicted molar refractivity (Wildman–Crippen MR) is 339 cm³/mol. The number of carbonyl (C=O) groups is 2. The molecule has 2 spiro atoms. The van der Waals surface area contributed by atoms with Crippen LogP contribution in [0.2, 0.25) is 0 Å². The molecule has 0 amide bonds. The van der Waals surface area contributed by atoms with E-state index in [4.69, 9.17) is 20.0 Å². The Hall–Kier alpha value is -7.44. The number of rotatable bonds is 2. The summed E-state index contributed by atoms with van der Waals surface area (Å²) in [6.45, 7) is 39.7. The smallest absolute Gasteiger partial charge is 0.659 e. The van der Waals surface area contributed by atoms with Crippen molar-refractivity contribution in [2.75, 3.05) is 0 Å². The second kappa shape index (κ2) is 18.3. The van der Waals surface area contributed by atoms with E-state index in [9.17, 15) is 0 Å². The largest absolute Gasteiger partial charge is 2.00 e. The van der Waals surface area contributed by atoms with Crippen LogP contribution in [-0.2, 0) is 49.6 Å². The molecule has 8 aromatic rings. The fourth-order valence-electron chi connectivity index (χ4n) is 14.4. The minimum atomic E-state index is -1.45. The van der Waals surface area contributed by atoms with Crippen LogP contribution in [-0.4, -0.2) is 23.0 Å². The molecule has 2 aromatic heterocycles. The summed E-state index contributed by atoms with van der Waals surface area (Å²) in [6.07, 6.45) is 8.30. The van der Waals surface area contributed by atoms with Crippen molar-refractivity contribution in [1.29, 1.82) is 0 Å². The summed E-state index contributed by atoms with van der Waals surface area (Å²) in [5, 5.41) is 3.96. The van der Waals surface area contributed by atoms with E-state index in [1.807, 2.05) is 0 Å².